The van der Waals surface area contributed by atoms with E-state index in [2.05, 4.69) is 10.6 Å². The second-order valence-corrected chi connectivity index (χ2v) is 5.80. The summed E-state index contributed by atoms with van der Waals surface area (Å²) < 4.78 is 0. The van der Waals surface area contributed by atoms with E-state index in [-0.39, 0.29) is 17.5 Å². The molecular formula is C13H24N2O3. The fourth-order valence-corrected chi connectivity index (χ4v) is 2.06. The third-order valence-corrected chi connectivity index (χ3v) is 3.80. The van der Waals surface area contributed by atoms with E-state index in [9.17, 15) is 9.59 Å². The van der Waals surface area contributed by atoms with Crippen molar-refractivity contribution < 1.29 is 14.7 Å². The Hall–Kier alpha value is -1.26. The molecule has 0 saturated heterocycles. The summed E-state index contributed by atoms with van der Waals surface area (Å²) in [5.41, 5.74) is -0.261. The predicted molar refractivity (Wildman–Crippen MR) is 69.3 cm³/mol. The Bertz CT molecular complexity index is 324. The van der Waals surface area contributed by atoms with Crippen molar-refractivity contribution in [2.24, 2.45) is 11.8 Å². The molecule has 0 aromatic rings. The molecule has 5 nitrogen and oxygen atoms in total. The van der Waals surface area contributed by atoms with Gasteiger partial charge in [0, 0.05) is 5.54 Å². The maximum Gasteiger partial charge on any atom is 0.326 e. The van der Waals surface area contributed by atoms with Crippen LogP contribution >= 0.6 is 0 Å². The molecule has 104 valence electrons. The lowest BCUT2D eigenvalue weighted by atomic mass is 9.98. The number of aliphatic carboxylic acids is 1. The maximum absolute atomic E-state index is 11.8. The van der Waals surface area contributed by atoms with Crippen molar-refractivity contribution in [2.75, 3.05) is 0 Å². The molecule has 2 atom stereocenters. The van der Waals surface area contributed by atoms with Gasteiger partial charge in [-0.2, -0.15) is 0 Å². The Balaban J connectivity index is 2.53. The number of carboxylic acid groups (broad SMARTS) is 1. The highest BCUT2D eigenvalue weighted by molar-refractivity contribution is 5.83. The van der Waals surface area contributed by atoms with Crippen LogP contribution in [0.25, 0.3) is 0 Å². The van der Waals surface area contributed by atoms with Crippen LogP contribution in [0.4, 0.5) is 4.79 Å². The number of carboxylic acids is 1. The molecule has 2 amide bonds. The third-order valence-electron chi connectivity index (χ3n) is 3.80. The number of hydrogen-bond acceptors (Lipinski definition) is 2. The molecule has 1 fully saturated rings. The fraction of sp³-hybridized carbons (Fsp3) is 0.846. The van der Waals surface area contributed by atoms with Gasteiger partial charge in [0.05, 0.1) is 0 Å². The van der Waals surface area contributed by atoms with E-state index in [0.29, 0.717) is 12.3 Å². The number of urea groups is 1. The number of hydrogen-bond donors (Lipinski definition) is 3. The van der Waals surface area contributed by atoms with Gasteiger partial charge in [0.25, 0.3) is 0 Å². The SMILES string of the molecule is CCC(C)[C@H](NC(=O)NC(C)(C)C1CC1)C(=O)O. The first-order valence-electron chi connectivity index (χ1n) is 6.59. The molecule has 1 unspecified atom stereocenters. The molecule has 0 heterocycles. The summed E-state index contributed by atoms with van der Waals surface area (Å²) >= 11 is 0. The van der Waals surface area contributed by atoms with E-state index in [1.807, 2.05) is 27.7 Å². The smallest absolute Gasteiger partial charge is 0.326 e. The van der Waals surface area contributed by atoms with E-state index in [1.54, 1.807) is 0 Å². The first kappa shape index (κ1) is 14.8. The summed E-state index contributed by atoms with van der Waals surface area (Å²) in [5, 5.41) is 14.5. The minimum atomic E-state index is -0.983. The van der Waals surface area contributed by atoms with Gasteiger partial charge < -0.3 is 15.7 Å². The van der Waals surface area contributed by atoms with Gasteiger partial charge in [-0.05, 0) is 38.5 Å². The number of carbonyl (C=O) groups excluding carboxylic acids is 1. The zero-order valence-electron chi connectivity index (χ0n) is 11.6. The van der Waals surface area contributed by atoms with E-state index in [4.69, 9.17) is 5.11 Å². The average molecular weight is 256 g/mol. The Morgan fingerprint density at radius 1 is 1.39 bits per heavy atom. The Kier molecular flexibility index (Phi) is 4.59. The topological polar surface area (TPSA) is 78.4 Å². The van der Waals surface area contributed by atoms with Crippen molar-refractivity contribution in [3.63, 3.8) is 0 Å². The van der Waals surface area contributed by atoms with E-state index < -0.39 is 12.0 Å². The predicted octanol–water partition coefficient (Wildman–Crippen LogP) is 1.97. The van der Waals surface area contributed by atoms with Crippen LogP contribution < -0.4 is 10.6 Å². The highest BCUT2D eigenvalue weighted by Crippen LogP contribution is 2.39. The van der Waals surface area contributed by atoms with E-state index >= 15 is 0 Å². The third kappa shape index (κ3) is 3.89. The van der Waals surface area contributed by atoms with Gasteiger partial charge in [-0.3, -0.25) is 0 Å². The quantitative estimate of drug-likeness (QED) is 0.680. The highest BCUT2D eigenvalue weighted by Gasteiger charge is 2.39. The molecule has 0 aromatic heterocycles. The van der Waals surface area contributed by atoms with Crippen molar-refractivity contribution in [3.05, 3.63) is 0 Å². The minimum Gasteiger partial charge on any atom is -0.480 e. The summed E-state index contributed by atoms with van der Waals surface area (Å²) in [6.07, 6.45) is 2.96. The van der Waals surface area contributed by atoms with Crippen LogP contribution in [0, 0.1) is 11.8 Å². The molecule has 1 aliphatic rings. The molecule has 1 rings (SSSR count). The van der Waals surface area contributed by atoms with Crippen molar-refractivity contribution in [2.45, 2.75) is 58.5 Å². The molecule has 0 radical (unpaired) electrons. The second kappa shape index (κ2) is 5.59. The number of amides is 2. The summed E-state index contributed by atoms with van der Waals surface area (Å²) in [4.78, 5) is 22.9. The molecule has 1 aliphatic carbocycles. The van der Waals surface area contributed by atoms with Gasteiger partial charge >= 0.3 is 12.0 Å². The summed E-state index contributed by atoms with van der Waals surface area (Å²) in [5.74, 6) is -0.559. The molecular weight excluding hydrogens is 232 g/mol. The first-order valence-corrected chi connectivity index (χ1v) is 6.59. The zero-order chi connectivity index (χ0) is 13.9. The monoisotopic (exact) mass is 256 g/mol. The largest absolute Gasteiger partial charge is 0.480 e. The molecule has 0 aromatic carbocycles. The van der Waals surface area contributed by atoms with Crippen LogP contribution in [0.5, 0.6) is 0 Å². The summed E-state index contributed by atoms with van der Waals surface area (Å²) in [7, 11) is 0. The lowest BCUT2D eigenvalue weighted by Gasteiger charge is -2.28. The maximum atomic E-state index is 11.8. The van der Waals surface area contributed by atoms with Crippen LogP contribution in [-0.4, -0.2) is 28.7 Å². The standard InChI is InChI=1S/C13H24N2O3/c1-5-8(2)10(11(16)17)14-12(18)15-13(3,4)9-6-7-9/h8-10H,5-7H2,1-4H3,(H,16,17)(H2,14,15,18)/t8?,10-/m0/s1. The second-order valence-electron chi connectivity index (χ2n) is 5.80. The van der Waals surface area contributed by atoms with Gasteiger partial charge in [0.15, 0.2) is 0 Å². The minimum absolute atomic E-state index is 0.0858. The van der Waals surface area contributed by atoms with Gasteiger partial charge in [0.2, 0.25) is 0 Å². The number of nitrogens with one attached hydrogen (secondary N) is 2. The lowest BCUT2D eigenvalue weighted by molar-refractivity contribution is -0.140. The van der Waals surface area contributed by atoms with Crippen LogP contribution in [0.3, 0.4) is 0 Å². The van der Waals surface area contributed by atoms with Crippen LogP contribution in [0.15, 0.2) is 0 Å². The summed E-state index contributed by atoms with van der Waals surface area (Å²) in [6, 6.07) is -1.22. The molecule has 0 bridgehead atoms. The molecule has 1 saturated carbocycles. The van der Waals surface area contributed by atoms with Crippen molar-refractivity contribution >= 4 is 12.0 Å². The average Bonchev–Trinajstić information content (AvgIpc) is 3.07. The molecule has 18 heavy (non-hydrogen) atoms. The van der Waals surface area contributed by atoms with Gasteiger partial charge in [-0.15, -0.1) is 0 Å². The summed E-state index contributed by atoms with van der Waals surface area (Å²) in [6.45, 7) is 7.69. The molecule has 0 aliphatic heterocycles. The Morgan fingerprint density at radius 2 is 1.94 bits per heavy atom. The Labute approximate surface area is 108 Å². The van der Waals surface area contributed by atoms with Gasteiger partial charge in [0.1, 0.15) is 6.04 Å². The van der Waals surface area contributed by atoms with E-state index in [0.717, 1.165) is 12.8 Å². The van der Waals surface area contributed by atoms with Crippen LogP contribution in [0.2, 0.25) is 0 Å². The zero-order valence-corrected chi connectivity index (χ0v) is 11.6. The van der Waals surface area contributed by atoms with Crippen molar-refractivity contribution in [1.29, 1.82) is 0 Å². The van der Waals surface area contributed by atoms with Gasteiger partial charge in [-0.25, -0.2) is 9.59 Å². The number of carbonyl (C=O) groups is 2. The first-order chi connectivity index (χ1) is 8.27. The van der Waals surface area contributed by atoms with Crippen LogP contribution in [-0.2, 0) is 4.79 Å². The highest BCUT2D eigenvalue weighted by atomic mass is 16.4. The van der Waals surface area contributed by atoms with E-state index in [1.165, 1.54) is 0 Å². The normalized spacial score (nSPS) is 18.9. The van der Waals surface area contributed by atoms with Crippen LogP contribution in [0.1, 0.15) is 47.0 Å². The fourth-order valence-electron chi connectivity index (χ4n) is 2.06. The van der Waals surface area contributed by atoms with Crippen molar-refractivity contribution in [3.8, 4) is 0 Å². The lowest BCUT2D eigenvalue weighted by Crippen LogP contribution is -2.55. The Morgan fingerprint density at radius 3 is 2.33 bits per heavy atom. The van der Waals surface area contributed by atoms with Gasteiger partial charge in [-0.1, -0.05) is 20.3 Å². The van der Waals surface area contributed by atoms with Crippen molar-refractivity contribution in [1.82, 2.24) is 10.6 Å². The molecule has 3 N–H and O–H groups in total. The molecule has 5 heteroatoms. The number of rotatable bonds is 6. The molecule has 0 spiro atoms.